The smallest absolute Gasteiger partial charge is 0.312 e. The third-order valence-electron chi connectivity index (χ3n) is 3.92. The van der Waals surface area contributed by atoms with Crippen molar-refractivity contribution in [1.29, 1.82) is 0 Å². The summed E-state index contributed by atoms with van der Waals surface area (Å²) in [7, 11) is 1.61. The van der Waals surface area contributed by atoms with E-state index in [0.717, 1.165) is 17.1 Å². The largest absolute Gasteiger partial charge is 0.497 e. The molecule has 1 aliphatic rings. The number of hydrogen-bond acceptors (Lipinski definition) is 5. The Kier molecular flexibility index (Phi) is 5.66. The lowest BCUT2D eigenvalue weighted by atomic mass is 9.97. The summed E-state index contributed by atoms with van der Waals surface area (Å²) >= 11 is 5.99. The van der Waals surface area contributed by atoms with E-state index in [0.29, 0.717) is 23.8 Å². The zero-order chi connectivity index (χ0) is 17.6. The molecule has 0 bridgehead atoms. The van der Waals surface area contributed by atoms with E-state index in [4.69, 9.17) is 30.5 Å². The number of esters is 1. The summed E-state index contributed by atoms with van der Waals surface area (Å²) in [6, 6.07) is 12.6. The molecule has 0 saturated carbocycles. The first-order valence-electron chi connectivity index (χ1n) is 8.00. The summed E-state index contributed by atoms with van der Waals surface area (Å²) in [6.45, 7) is 0.782. The Hall–Kier alpha value is -2.40. The summed E-state index contributed by atoms with van der Waals surface area (Å²) < 4.78 is 21.5. The molecule has 0 unspecified atom stereocenters. The molecule has 0 N–H and O–H groups in total. The molecule has 1 heterocycles. The van der Waals surface area contributed by atoms with Gasteiger partial charge in [-0.3, -0.25) is 4.79 Å². The molecule has 0 saturated heterocycles. The molecule has 0 aromatic heterocycles. The predicted octanol–water partition coefficient (Wildman–Crippen LogP) is 3.52. The number of fused-ring (bicyclic) bond motifs is 1. The van der Waals surface area contributed by atoms with Gasteiger partial charge >= 0.3 is 5.97 Å². The van der Waals surface area contributed by atoms with Gasteiger partial charge in [-0.05, 0) is 54.4 Å². The van der Waals surface area contributed by atoms with Crippen LogP contribution in [0.5, 0.6) is 17.2 Å². The van der Waals surface area contributed by atoms with Gasteiger partial charge in [-0.1, -0.05) is 11.6 Å². The van der Waals surface area contributed by atoms with E-state index in [9.17, 15) is 4.79 Å². The minimum absolute atomic E-state index is 0.184. The third kappa shape index (κ3) is 4.57. The first-order chi connectivity index (χ1) is 12.2. The molecule has 5 nitrogen and oxygen atoms in total. The van der Waals surface area contributed by atoms with Crippen LogP contribution in [0.3, 0.4) is 0 Å². The van der Waals surface area contributed by atoms with E-state index < -0.39 is 0 Å². The van der Waals surface area contributed by atoms with Crippen LogP contribution in [0, 0.1) is 5.92 Å². The topological polar surface area (TPSA) is 54.0 Å². The van der Waals surface area contributed by atoms with Gasteiger partial charge in [0, 0.05) is 5.02 Å². The molecule has 2 aromatic carbocycles. The summed E-state index contributed by atoms with van der Waals surface area (Å²) in [5, 5.41) is 0.629. The fraction of sp³-hybridized carbons (Fsp3) is 0.316. The fourth-order valence-corrected chi connectivity index (χ4v) is 2.80. The lowest BCUT2D eigenvalue weighted by Crippen LogP contribution is -2.30. The minimum Gasteiger partial charge on any atom is -0.497 e. The van der Waals surface area contributed by atoms with Gasteiger partial charge in [0.15, 0.2) is 0 Å². The second kappa shape index (κ2) is 8.12. The number of hydrogen-bond donors (Lipinski definition) is 0. The van der Waals surface area contributed by atoms with E-state index in [-0.39, 0.29) is 25.1 Å². The molecule has 25 heavy (non-hydrogen) atoms. The predicted molar refractivity (Wildman–Crippen MR) is 93.6 cm³/mol. The van der Waals surface area contributed by atoms with Gasteiger partial charge in [-0.15, -0.1) is 0 Å². The molecule has 2 aromatic rings. The maximum absolute atomic E-state index is 12.2. The quantitative estimate of drug-likeness (QED) is 0.581. The SMILES string of the molecule is COc1ccc(OCCOC(=O)[C@@H]2COc3ccc(Cl)cc3C2)cc1. The lowest BCUT2D eigenvalue weighted by molar-refractivity contribution is -0.150. The van der Waals surface area contributed by atoms with Crippen LogP contribution in [0.15, 0.2) is 42.5 Å². The van der Waals surface area contributed by atoms with Crippen LogP contribution in [0.25, 0.3) is 0 Å². The van der Waals surface area contributed by atoms with Crippen LogP contribution in [0.4, 0.5) is 0 Å². The van der Waals surface area contributed by atoms with Crippen molar-refractivity contribution >= 4 is 17.6 Å². The average molecular weight is 363 g/mol. The highest BCUT2D eigenvalue weighted by Gasteiger charge is 2.27. The zero-order valence-electron chi connectivity index (χ0n) is 13.9. The van der Waals surface area contributed by atoms with Gasteiger partial charge in [-0.25, -0.2) is 0 Å². The molecule has 132 valence electrons. The number of carbonyl (C=O) groups is 1. The van der Waals surface area contributed by atoms with Crippen molar-refractivity contribution in [2.75, 3.05) is 26.9 Å². The maximum Gasteiger partial charge on any atom is 0.312 e. The van der Waals surface area contributed by atoms with Crippen LogP contribution >= 0.6 is 11.6 Å². The first-order valence-corrected chi connectivity index (χ1v) is 8.38. The lowest BCUT2D eigenvalue weighted by Gasteiger charge is -2.24. The molecule has 0 amide bonds. The van der Waals surface area contributed by atoms with Crippen molar-refractivity contribution < 1.29 is 23.7 Å². The summed E-state index contributed by atoms with van der Waals surface area (Å²) in [5.74, 6) is 1.62. The van der Waals surface area contributed by atoms with Crippen LogP contribution in [0.2, 0.25) is 5.02 Å². The van der Waals surface area contributed by atoms with Crippen LogP contribution < -0.4 is 14.2 Å². The van der Waals surface area contributed by atoms with Crippen molar-refractivity contribution in [3.63, 3.8) is 0 Å². The standard InChI is InChI=1S/C19H19ClO5/c1-22-16-3-5-17(6-4-16)23-8-9-24-19(21)14-10-13-11-15(20)2-7-18(13)25-12-14/h2-7,11,14H,8-10,12H2,1H3/t14-/m0/s1. The highest BCUT2D eigenvalue weighted by molar-refractivity contribution is 6.30. The Bertz CT molecular complexity index is 729. The summed E-state index contributed by atoms with van der Waals surface area (Å²) in [4.78, 5) is 12.2. The van der Waals surface area contributed by atoms with Gasteiger partial charge in [0.1, 0.15) is 37.1 Å². The number of methoxy groups -OCH3 is 1. The van der Waals surface area contributed by atoms with Gasteiger partial charge < -0.3 is 18.9 Å². The molecule has 0 aliphatic carbocycles. The average Bonchev–Trinajstić information content (AvgIpc) is 2.65. The fourth-order valence-electron chi connectivity index (χ4n) is 2.61. The molecule has 0 fully saturated rings. The summed E-state index contributed by atoms with van der Waals surface area (Å²) in [5.41, 5.74) is 0.926. The highest BCUT2D eigenvalue weighted by atomic mass is 35.5. The van der Waals surface area contributed by atoms with Crippen molar-refractivity contribution in [3.05, 3.63) is 53.1 Å². The Morgan fingerprint density at radius 2 is 1.92 bits per heavy atom. The monoisotopic (exact) mass is 362 g/mol. The Balaban J connectivity index is 1.43. The number of halogens is 1. The summed E-state index contributed by atoms with van der Waals surface area (Å²) in [6.07, 6.45) is 0.564. The maximum atomic E-state index is 12.2. The number of rotatable bonds is 6. The number of ether oxygens (including phenoxy) is 4. The van der Waals surface area contributed by atoms with Gasteiger partial charge in [-0.2, -0.15) is 0 Å². The van der Waals surface area contributed by atoms with Crippen molar-refractivity contribution in [2.24, 2.45) is 5.92 Å². The highest BCUT2D eigenvalue weighted by Crippen LogP contribution is 2.30. The molecular formula is C19H19ClO5. The number of carbonyl (C=O) groups excluding carboxylic acids is 1. The van der Waals surface area contributed by atoms with Gasteiger partial charge in [0.05, 0.1) is 13.0 Å². The van der Waals surface area contributed by atoms with Crippen LogP contribution in [-0.4, -0.2) is 32.9 Å². The second-order valence-electron chi connectivity index (χ2n) is 5.66. The van der Waals surface area contributed by atoms with E-state index >= 15 is 0 Å². The molecule has 1 aliphatic heterocycles. The van der Waals surface area contributed by atoms with E-state index in [1.54, 1.807) is 25.3 Å². The normalized spacial score (nSPS) is 15.7. The van der Waals surface area contributed by atoms with Crippen molar-refractivity contribution in [2.45, 2.75) is 6.42 Å². The minimum atomic E-state index is -0.327. The first kappa shape index (κ1) is 17.4. The Labute approximate surface area is 151 Å². The van der Waals surface area contributed by atoms with Crippen LogP contribution in [-0.2, 0) is 16.0 Å². The molecular weight excluding hydrogens is 344 g/mol. The van der Waals surface area contributed by atoms with E-state index in [1.807, 2.05) is 24.3 Å². The number of benzene rings is 2. The van der Waals surface area contributed by atoms with E-state index in [2.05, 4.69) is 0 Å². The molecule has 6 heteroatoms. The van der Waals surface area contributed by atoms with Crippen LogP contribution in [0.1, 0.15) is 5.56 Å². The molecule has 0 radical (unpaired) electrons. The zero-order valence-corrected chi connectivity index (χ0v) is 14.6. The Morgan fingerprint density at radius 3 is 2.68 bits per heavy atom. The third-order valence-corrected chi connectivity index (χ3v) is 4.15. The van der Waals surface area contributed by atoms with Gasteiger partial charge in [0.25, 0.3) is 0 Å². The molecule has 3 rings (SSSR count). The second-order valence-corrected chi connectivity index (χ2v) is 6.09. The van der Waals surface area contributed by atoms with Gasteiger partial charge in [0.2, 0.25) is 0 Å². The Morgan fingerprint density at radius 1 is 1.16 bits per heavy atom. The van der Waals surface area contributed by atoms with E-state index in [1.165, 1.54) is 0 Å². The van der Waals surface area contributed by atoms with Crippen molar-refractivity contribution in [1.82, 2.24) is 0 Å². The van der Waals surface area contributed by atoms with Crippen molar-refractivity contribution in [3.8, 4) is 17.2 Å². The molecule has 0 spiro atoms. The molecule has 1 atom stereocenters.